The highest BCUT2D eigenvalue weighted by molar-refractivity contribution is 5.95. The zero-order valence-corrected chi connectivity index (χ0v) is 12.3. The number of nitrogens with one attached hydrogen (secondary N) is 1. The van der Waals surface area contributed by atoms with Crippen LogP contribution >= 0.6 is 0 Å². The maximum absolute atomic E-state index is 12.2. The Balaban J connectivity index is 1.93. The van der Waals surface area contributed by atoms with Gasteiger partial charge in [0.05, 0.1) is 12.8 Å². The van der Waals surface area contributed by atoms with Gasteiger partial charge >= 0.3 is 0 Å². The van der Waals surface area contributed by atoms with Crippen LogP contribution in [0.15, 0.2) is 18.2 Å². The van der Waals surface area contributed by atoms with Crippen molar-refractivity contribution >= 4 is 11.6 Å². The van der Waals surface area contributed by atoms with Crippen LogP contribution in [0.1, 0.15) is 49.4 Å². The van der Waals surface area contributed by atoms with E-state index in [2.05, 4.69) is 12.2 Å². The van der Waals surface area contributed by atoms with Crippen molar-refractivity contribution in [2.24, 2.45) is 5.92 Å². The van der Waals surface area contributed by atoms with Crippen LogP contribution < -0.4 is 15.8 Å². The zero-order chi connectivity index (χ0) is 14.5. The largest absolute Gasteiger partial charge is 0.495 e. The summed E-state index contributed by atoms with van der Waals surface area (Å²) in [5.41, 5.74) is 6.93. The van der Waals surface area contributed by atoms with Gasteiger partial charge in [0.2, 0.25) is 0 Å². The molecule has 0 spiro atoms. The maximum Gasteiger partial charge on any atom is 0.251 e. The van der Waals surface area contributed by atoms with Crippen molar-refractivity contribution in [3.63, 3.8) is 0 Å². The van der Waals surface area contributed by atoms with Gasteiger partial charge in [-0.3, -0.25) is 4.79 Å². The van der Waals surface area contributed by atoms with Crippen LogP contribution in [0.4, 0.5) is 5.69 Å². The van der Waals surface area contributed by atoms with Crippen LogP contribution in [0.5, 0.6) is 5.75 Å². The van der Waals surface area contributed by atoms with Crippen molar-refractivity contribution in [2.45, 2.75) is 45.1 Å². The van der Waals surface area contributed by atoms with Crippen molar-refractivity contribution in [3.05, 3.63) is 23.8 Å². The molecule has 0 atom stereocenters. The number of carbonyl (C=O) groups is 1. The predicted molar refractivity (Wildman–Crippen MR) is 80.9 cm³/mol. The number of hydrogen-bond acceptors (Lipinski definition) is 3. The van der Waals surface area contributed by atoms with E-state index < -0.39 is 0 Å². The Morgan fingerprint density at radius 3 is 2.60 bits per heavy atom. The molecule has 0 heterocycles. The van der Waals surface area contributed by atoms with E-state index >= 15 is 0 Å². The Morgan fingerprint density at radius 1 is 1.35 bits per heavy atom. The van der Waals surface area contributed by atoms with E-state index in [0.717, 1.165) is 18.8 Å². The van der Waals surface area contributed by atoms with Crippen molar-refractivity contribution < 1.29 is 9.53 Å². The van der Waals surface area contributed by atoms with E-state index in [9.17, 15) is 4.79 Å². The number of amides is 1. The zero-order valence-electron chi connectivity index (χ0n) is 12.3. The van der Waals surface area contributed by atoms with Gasteiger partial charge in [-0.2, -0.15) is 0 Å². The molecule has 110 valence electrons. The number of carbonyl (C=O) groups excluding carboxylic acids is 1. The number of anilines is 1. The van der Waals surface area contributed by atoms with Gasteiger partial charge < -0.3 is 15.8 Å². The molecule has 4 nitrogen and oxygen atoms in total. The molecule has 0 aromatic heterocycles. The molecule has 0 bridgehead atoms. The minimum absolute atomic E-state index is 0.0423. The molecule has 0 saturated heterocycles. The minimum Gasteiger partial charge on any atom is -0.495 e. The molecule has 1 fully saturated rings. The lowest BCUT2D eigenvalue weighted by molar-refractivity contribution is 0.0921. The summed E-state index contributed by atoms with van der Waals surface area (Å²) in [5.74, 6) is 1.39. The average Bonchev–Trinajstić information content (AvgIpc) is 2.48. The van der Waals surface area contributed by atoms with E-state index in [1.165, 1.54) is 19.3 Å². The van der Waals surface area contributed by atoms with Crippen molar-refractivity contribution in [1.29, 1.82) is 0 Å². The summed E-state index contributed by atoms with van der Waals surface area (Å²) in [6, 6.07) is 5.46. The van der Waals surface area contributed by atoms with Crippen LogP contribution in [0.3, 0.4) is 0 Å². The fraction of sp³-hybridized carbons (Fsp3) is 0.562. The summed E-state index contributed by atoms with van der Waals surface area (Å²) >= 11 is 0. The second kappa shape index (κ2) is 6.64. The summed E-state index contributed by atoms with van der Waals surface area (Å²) in [5, 5.41) is 3.11. The summed E-state index contributed by atoms with van der Waals surface area (Å²) in [4.78, 5) is 12.2. The van der Waals surface area contributed by atoms with E-state index in [4.69, 9.17) is 10.5 Å². The van der Waals surface area contributed by atoms with E-state index in [1.54, 1.807) is 25.3 Å². The van der Waals surface area contributed by atoms with Crippen LogP contribution in [0.2, 0.25) is 0 Å². The summed E-state index contributed by atoms with van der Waals surface area (Å²) < 4.78 is 5.10. The fourth-order valence-electron chi connectivity index (χ4n) is 2.86. The van der Waals surface area contributed by atoms with Crippen molar-refractivity contribution in [1.82, 2.24) is 5.32 Å². The molecule has 0 radical (unpaired) electrons. The predicted octanol–water partition coefficient (Wildman–Crippen LogP) is 2.98. The molecule has 0 unspecified atom stereocenters. The highest BCUT2D eigenvalue weighted by Gasteiger charge is 2.21. The van der Waals surface area contributed by atoms with Crippen LogP contribution in [-0.2, 0) is 0 Å². The molecule has 4 heteroatoms. The molecule has 1 aliphatic carbocycles. The van der Waals surface area contributed by atoms with Crippen molar-refractivity contribution in [2.75, 3.05) is 12.8 Å². The Morgan fingerprint density at radius 2 is 2.05 bits per heavy atom. The number of hydrogen-bond donors (Lipinski definition) is 2. The van der Waals surface area contributed by atoms with E-state index in [1.807, 2.05) is 0 Å². The Bertz CT molecular complexity index is 466. The van der Waals surface area contributed by atoms with Crippen LogP contribution in [0.25, 0.3) is 0 Å². The Hall–Kier alpha value is -1.71. The number of methoxy groups -OCH3 is 1. The van der Waals surface area contributed by atoms with E-state index in [-0.39, 0.29) is 5.91 Å². The molecule has 3 N–H and O–H groups in total. The first-order valence-electron chi connectivity index (χ1n) is 7.38. The molecule has 1 aliphatic rings. The molecule has 1 aromatic rings. The normalized spacial score (nSPS) is 22.3. The molecule has 1 aromatic carbocycles. The average molecular weight is 276 g/mol. The second-order valence-corrected chi connectivity index (χ2v) is 5.56. The first-order valence-corrected chi connectivity index (χ1v) is 7.38. The number of benzene rings is 1. The number of rotatable bonds is 4. The summed E-state index contributed by atoms with van der Waals surface area (Å²) in [7, 11) is 1.57. The Labute approximate surface area is 120 Å². The third-order valence-electron chi connectivity index (χ3n) is 4.25. The lowest BCUT2D eigenvalue weighted by atomic mass is 9.84. The first-order chi connectivity index (χ1) is 9.63. The van der Waals surface area contributed by atoms with Gasteiger partial charge in [-0.05, 0) is 49.8 Å². The molecular weight excluding hydrogens is 252 g/mol. The van der Waals surface area contributed by atoms with Gasteiger partial charge in [-0.1, -0.05) is 13.3 Å². The molecule has 2 rings (SSSR count). The smallest absolute Gasteiger partial charge is 0.251 e. The van der Waals surface area contributed by atoms with Gasteiger partial charge in [0.1, 0.15) is 5.75 Å². The number of nitrogens with two attached hydrogens (primary N) is 1. The number of ether oxygens (including phenoxy) is 1. The fourth-order valence-corrected chi connectivity index (χ4v) is 2.86. The maximum atomic E-state index is 12.2. The molecule has 0 aliphatic heterocycles. The van der Waals surface area contributed by atoms with Crippen LogP contribution in [0, 0.1) is 5.92 Å². The van der Waals surface area contributed by atoms with Gasteiger partial charge in [0.15, 0.2) is 0 Å². The van der Waals surface area contributed by atoms with Crippen LogP contribution in [-0.4, -0.2) is 19.1 Å². The highest BCUT2D eigenvalue weighted by atomic mass is 16.5. The minimum atomic E-state index is -0.0423. The molecule has 20 heavy (non-hydrogen) atoms. The quantitative estimate of drug-likeness (QED) is 0.831. The third kappa shape index (κ3) is 3.44. The second-order valence-electron chi connectivity index (χ2n) is 5.56. The molecule has 1 amide bonds. The number of nitrogen functional groups attached to an aromatic ring is 1. The topological polar surface area (TPSA) is 64.3 Å². The standard InChI is InChI=1S/C16H24N2O2/c1-3-11-4-7-13(8-5-11)18-16(19)12-6-9-15(20-2)14(17)10-12/h6,9-11,13H,3-5,7-8,17H2,1-2H3,(H,18,19). The van der Waals surface area contributed by atoms with Gasteiger partial charge in [0, 0.05) is 11.6 Å². The lowest BCUT2D eigenvalue weighted by Crippen LogP contribution is -2.37. The van der Waals surface area contributed by atoms with Gasteiger partial charge in [-0.15, -0.1) is 0 Å². The highest BCUT2D eigenvalue weighted by Crippen LogP contribution is 2.27. The van der Waals surface area contributed by atoms with Gasteiger partial charge in [0.25, 0.3) is 5.91 Å². The van der Waals surface area contributed by atoms with Gasteiger partial charge in [-0.25, -0.2) is 0 Å². The lowest BCUT2D eigenvalue weighted by Gasteiger charge is -2.28. The van der Waals surface area contributed by atoms with Crippen molar-refractivity contribution in [3.8, 4) is 5.75 Å². The SMILES string of the molecule is CCC1CCC(NC(=O)c2ccc(OC)c(N)c2)CC1. The monoisotopic (exact) mass is 276 g/mol. The first kappa shape index (κ1) is 14.7. The third-order valence-corrected chi connectivity index (χ3v) is 4.25. The molecule has 1 saturated carbocycles. The summed E-state index contributed by atoms with van der Waals surface area (Å²) in [6.45, 7) is 2.24. The Kier molecular flexibility index (Phi) is 4.88. The van der Waals surface area contributed by atoms with E-state index in [0.29, 0.717) is 23.0 Å². The molecular formula is C16H24N2O2. The summed E-state index contributed by atoms with van der Waals surface area (Å²) in [6.07, 6.45) is 5.83.